The zero-order valence-corrected chi connectivity index (χ0v) is 14.6. The van der Waals surface area contributed by atoms with Gasteiger partial charge in [0.05, 0.1) is 4.88 Å². The minimum absolute atomic E-state index is 0.280. The summed E-state index contributed by atoms with van der Waals surface area (Å²) in [5.74, 6) is 1.94. The predicted molar refractivity (Wildman–Crippen MR) is 96.1 cm³/mol. The molecule has 5 nitrogen and oxygen atoms in total. The number of hydrogen-bond donors (Lipinski definition) is 0. The van der Waals surface area contributed by atoms with Crippen LogP contribution < -0.4 is 10.4 Å². The molecule has 0 amide bonds. The third kappa shape index (κ3) is 3.08. The molecule has 0 atom stereocenters. The first kappa shape index (κ1) is 15.7. The standard InChI is InChI=1S/C19H15NO4S/c1-11-8-18(21)24-16-9-13(5-6-14(11)16)22-10-15-12(2)23-19(20-15)17-4-3-7-25-17/h3-9H,10H2,1-2H3. The average Bonchev–Trinajstić information content (AvgIpc) is 3.22. The number of nitrogens with zero attached hydrogens (tertiary/aromatic N) is 1. The van der Waals surface area contributed by atoms with E-state index < -0.39 is 0 Å². The molecule has 0 radical (unpaired) electrons. The van der Waals surface area contributed by atoms with Crippen LogP contribution in [0.15, 0.2) is 55.4 Å². The Labute approximate surface area is 147 Å². The van der Waals surface area contributed by atoms with Gasteiger partial charge < -0.3 is 13.6 Å². The van der Waals surface area contributed by atoms with E-state index in [2.05, 4.69) is 4.98 Å². The molecule has 25 heavy (non-hydrogen) atoms. The molecule has 0 spiro atoms. The Morgan fingerprint density at radius 3 is 2.84 bits per heavy atom. The fourth-order valence-electron chi connectivity index (χ4n) is 2.61. The third-order valence-corrected chi connectivity index (χ3v) is 4.78. The van der Waals surface area contributed by atoms with Gasteiger partial charge in [0.1, 0.15) is 29.4 Å². The Balaban J connectivity index is 1.57. The molecule has 0 aliphatic heterocycles. The van der Waals surface area contributed by atoms with Crippen molar-refractivity contribution in [3.05, 3.63) is 69.2 Å². The molecule has 0 unspecified atom stereocenters. The second-order valence-corrected chi connectivity index (χ2v) is 6.64. The summed E-state index contributed by atoms with van der Waals surface area (Å²) in [7, 11) is 0. The Kier molecular flexibility index (Phi) is 3.89. The van der Waals surface area contributed by atoms with Crippen molar-refractivity contribution in [2.24, 2.45) is 0 Å². The summed E-state index contributed by atoms with van der Waals surface area (Å²) in [6.07, 6.45) is 0. The maximum atomic E-state index is 11.5. The first-order valence-corrected chi connectivity index (χ1v) is 8.65. The highest BCUT2D eigenvalue weighted by atomic mass is 32.1. The van der Waals surface area contributed by atoms with Gasteiger partial charge in [-0.1, -0.05) is 6.07 Å². The number of rotatable bonds is 4. The van der Waals surface area contributed by atoms with Gasteiger partial charge in [0.2, 0.25) is 5.89 Å². The highest BCUT2D eigenvalue weighted by molar-refractivity contribution is 7.13. The number of aryl methyl sites for hydroxylation is 2. The SMILES string of the molecule is Cc1oc(-c2cccs2)nc1COc1ccc2c(C)cc(=O)oc2c1. The lowest BCUT2D eigenvalue weighted by molar-refractivity contribution is 0.299. The molecule has 1 aromatic carbocycles. The summed E-state index contributed by atoms with van der Waals surface area (Å²) >= 11 is 1.58. The molecule has 0 bridgehead atoms. The summed E-state index contributed by atoms with van der Waals surface area (Å²) in [4.78, 5) is 17.0. The van der Waals surface area contributed by atoms with Crippen LogP contribution in [0.4, 0.5) is 0 Å². The lowest BCUT2D eigenvalue weighted by Crippen LogP contribution is -2.00. The van der Waals surface area contributed by atoms with Gasteiger partial charge in [-0.25, -0.2) is 9.78 Å². The van der Waals surface area contributed by atoms with Crippen molar-refractivity contribution in [1.29, 1.82) is 0 Å². The van der Waals surface area contributed by atoms with Crippen LogP contribution in [0.1, 0.15) is 17.0 Å². The molecule has 0 aliphatic rings. The second-order valence-electron chi connectivity index (χ2n) is 5.69. The first-order chi connectivity index (χ1) is 12.1. The fourth-order valence-corrected chi connectivity index (χ4v) is 3.26. The van der Waals surface area contributed by atoms with Crippen LogP contribution >= 0.6 is 11.3 Å². The summed E-state index contributed by atoms with van der Waals surface area (Å²) in [6.45, 7) is 4.03. The first-order valence-electron chi connectivity index (χ1n) is 7.77. The van der Waals surface area contributed by atoms with Crippen molar-refractivity contribution in [2.45, 2.75) is 20.5 Å². The molecule has 6 heteroatoms. The number of hydrogen-bond acceptors (Lipinski definition) is 6. The highest BCUT2D eigenvalue weighted by Crippen LogP contribution is 2.27. The van der Waals surface area contributed by atoms with Gasteiger partial charge in [0, 0.05) is 17.5 Å². The van der Waals surface area contributed by atoms with E-state index in [9.17, 15) is 4.79 Å². The van der Waals surface area contributed by atoms with Crippen molar-refractivity contribution in [3.8, 4) is 16.5 Å². The average molecular weight is 353 g/mol. The smallest absolute Gasteiger partial charge is 0.336 e. The summed E-state index contributed by atoms with van der Waals surface area (Å²) in [6, 6.07) is 10.9. The van der Waals surface area contributed by atoms with Gasteiger partial charge in [0.25, 0.3) is 0 Å². The monoisotopic (exact) mass is 353 g/mol. The van der Waals surface area contributed by atoms with E-state index in [-0.39, 0.29) is 12.2 Å². The van der Waals surface area contributed by atoms with E-state index in [4.69, 9.17) is 13.6 Å². The summed E-state index contributed by atoms with van der Waals surface area (Å²) < 4.78 is 16.8. The Morgan fingerprint density at radius 1 is 1.16 bits per heavy atom. The maximum absolute atomic E-state index is 11.5. The van der Waals surface area contributed by atoms with Crippen molar-refractivity contribution < 1.29 is 13.6 Å². The van der Waals surface area contributed by atoms with Crippen molar-refractivity contribution in [1.82, 2.24) is 4.98 Å². The minimum atomic E-state index is -0.366. The molecule has 4 rings (SSSR count). The molecule has 4 aromatic rings. The molecular weight excluding hydrogens is 338 g/mol. The van der Waals surface area contributed by atoms with Crippen molar-refractivity contribution in [3.63, 3.8) is 0 Å². The van der Waals surface area contributed by atoms with E-state index in [1.165, 1.54) is 6.07 Å². The number of benzene rings is 1. The largest absolute Gasteiger partial charge is 0.487 e. The lowest BCUT2D eigenvalue weighted by atomic mass is 10.1. The van der Waals surface area contributed by atoms with Gasteiger partial charge >= 0.3 is 5.63 Å². The molecule has 0 fully saturated rings. The van der Waals surface area contributed by atoms with Crippen molar-refractivity contribution >= 4 is 22.3 Å². The Bertz CT molecular complexity index is 1090. The molecule has 0 N–H and O–H groups in total. The van der Waals surface area contributed by atoms with E-state index in [0.717, 1.165) is 27.3 Å². The van der Waals surface area contributed by atoms with Gasteiger partial charge in [0.15, 0.2) is 0 Å². The molecule has 0 saturated carbocycles. The third-order valence-electron chi connectivity index (χ3n) is 3.92. The summed E-state index contributed by atoms with van der Waals surface area (Å²) in [5, 5.41) is 2.88. The number of oxazole rings is 1. The minimum Gasteiger partial charge on any atom is -0.487 e. The topological polar surface area (TPSA) is 65.5 Å². The molecule has 0 aliphatic carbocycles. The summed E-state index contributed by atoms with van der Waals surface area (Å²) in [5.41, 5.74) is 1.77. The highest BCUT2D eigenvalue weighted by Gasteiger charge is 2.13. The normalized spacial score (nSPS) is 11.1. The van der Waals surface area contributed by atoms with Crippen LogP contribution in [0.2, 0.25) is 0 Å². The van der Waals surface area contributed by atoms with Crippen LogP contribution in [0.3, 0.4) is 0 Å². The number of fused-ring (bicyclic) bond motifs is 1. The predicted octanol–water partition coefficient (Wildman–Crippen LogP) is 4.71. The van der Waals surface area contributed by atoms with E-state index in [0.29, 0.717) is 17.2 Å². The van der Waals surface area contributed by atoms with Gasteiger partial charge in [-0.3, -0.25) is 0 Å². The lowest BCUT2D eigenvalue weighted by Gasteiger charge is -2.06. The van der Waals surface area contributed by atoms with E-state index in [1.54, 1.807) is 17.4 Å². The second kappa shape index (κ2) is 6.22. The fraction of sp³-hybridized carbons (Fsp3) is 0.158. The van der Waals surface area contributed by atoms with Crippen LogP contribution in [-0.2, 0) is 6.61 Å². The van der Waals surface area contributed by atoms with Gasteiger partial charge in [-0.2, -0.15) is 0 Å². The Morgan fingerprint density at radius 2 is 2.04 bits per heavy atom. The van der Waals surface area contributed by atoms with Crippen molar-refractivity contribution in [2.75, 3.05) is 0 Å². The van der Waals surface area contributed by atoms with Crippen LogP contribution in [0.25, 0.3) is 21.7 Å². The van der Waals surface area contributed by atoms with E-state index >= 15 is 0 Å². The van der Waals surface area contributed by atoms with Gasteiger partial charge in [-0.05, 0) is 43.0 Å². The van der Waals surface area contributed by atoms with E-state index in [1.807, 2.05) is 43.5 Å². The van der Waals surface area contributed by atoms with Crippen LogP contribution in [0.5, 0.6) is 5.75 Å². The Hall–Kier alpha value is -2.86. The number of thiophene rings is 1. The number of aromatic nitrogens is 1. The van der Waals surface area contributed by atoms with Crippen LogP contribution in [0, 0.1) is 13.8 Å². The molecule has 126 valence electrons. The zero-order valence-electron chi connectivity index (χ0n) is 13.7. The molecular formula is C19H15NO4S. The van der Waals surface area contributed by atoms with Crippen LogP contribution in [-0.4, -0.2) is 4.98 Å². The maximum Gasteiger partial charge on any atom is 0.336 e. The molecule has 0 saturated heterocycles. The quantitative estimate of drug-likeness (QED) is 0.497. The van der Waals surface area contributed by atoms with Gasteiger partial charge in [-0.15, -0.1) is 11.3 Å². The molecule has 3 heterocycles. The zero-order chi connectivity index (χ0) is 17.4. The molecule has 3 aromatic heterocycles. The number of ether oxygens (including phenoxy) is 1.